The summed E-state index contributed by atoms with van der Waals surface area (Å²) in [5, 5.41) is 0.983. The average molecular weight is 366 g/mol. The third-order valence-electron chi connectivity index (χ3n) is 5.97. The number of aromatic nitrogens is 1. The van der Waals surface area contributed by atoms with Gasteiger partial charge in [-0.05, 0) is 56.5 Å². The number of fused-ring (bicyclic) bond motifs is 4. The number of rotatable bonds is 4. The van der Waals surface area contributed by atoms with Gasteiger partial charge in [-0.15, -0.1) is 0 Å². The Hall–Kier alpha value is -2.40. The molecule has 0 saturated carbocycles. The molecule has 1 unspecified atom stereocenters. The number of ether oxygens (including phenoxy) is 2. The van der Waals surface area contributed by atoms with E-state index in [9.17, 15) is 4.79 Å². The van der Waals surface area contributed by atoms with Crippen molar-refractivity contribution in [2.24, 2.45) is 5.92 Å². The molecule has 0 aliphatic carbocycles. The molecule has 2 bridgehead atoms. The Morgan fingerprint density at radius 2 is 2.22 bits per heavy atom. The Bertz CT molecular complexity index is 892. The monoisotopic (exact) mass is 366 g/mol. The van der Waals surface area contributed by atoms with E-state index in [1.54, 1.807) is 13.3 Å². The van der Waals surface area contributed by atoms with E-state index in [0.717, 1.165) is 41.7 Å². The fourth-order valence-electron chi connectivity index (χ4n) is 4.63. The van der Waals surface area contributed by atoms with E-state index in [0.29, 0.717) is 5.92 Å². The van der Waals surface area contributed by atoms with E-state index in [2.05, 4.69) is 22.9 Å². The van der Waals surface area contributed by atoms with Gasteiger partial charge in [0, 0.05) is 30.6 Å². The van der Waals surface area contributed by atoms with Crippen molar-refractivity contribution in [2.45, 2.75) is 38.8 Å². The molecule has 142 valence electrons. The zero-order valence-corrected chi connectivity index (χ0v) is 16.1. The van der Waals surface area contributed by atoms with E-state index < -0.39 is 0 Å². The molecule has 3 aliphatic heterocycles. The van der Waals surface area contributed by atoms with Crippen molar-refractivity contribution in [3.63, 3.8) is 0 Å². The molecule has 4 atom stereocenters. The molecule has 2 aromatic rings. The Morgan fingerprint density at radius 3 is 2.89 bits per heavy atom. The molecule has 27 heavy (non-hydrogen) atoms. The second kappa shape index (κ2) is 7.31. The molecular weight excluding hydrogens is 340 g/mol. The molecular formula is C22H26N2O3. The van der Waals surface area contributed by atoms with Gasteiger partial charge in [-0.3, -0.25) is 14.7 Å². The minimum absolute atomic E-state index is 0.188. The maximum atomic E-state index is 12.0. The Kier molecular flexibility index (Phi) is 4.87. The van der Waals surface area contributed by atoms with Gasteiger partial charge in [-0.2, -0.15) is 0 Å². The van der Waals surface area contributed by atoms with Crippen LogP contribution in [0.2, 0.25) is 0 Å². The van der Waals surface area contributed by atoms with Crippen LogP contribution in [0.3, 0.4) is 0 Å². The standard InChI is InChI=1S/C22H26N2O3/c1-4-15-13-24-10-8-16(15)11-21(24)22(27-14(2)25)18-7-9-23-20-6-5-17(26-3)12-19(18)20/h4-7,9,12,16,21-22H,8,10-11,13H2,1-3H3/t16-,21+,22-/m0/s1. The molecule has 5 heteroatoms. The van der Waals surface area contributed by atoms with Crippen LogP contribution in [-0.4, -0.2) is 42.1 Å². The van der Waals surface area contributed by atoms with Crippen LogP contribution in [0.1, 0.15) is 38.4 Å². The van der Waals surface area contributed by atoms with Gasteiger partial charge in [0.1, 0.15) is 11.9 Å². The van der Waals surface area contributed by atoms with Gasteiger partial charge in [-0.1, -0.05) is 11.6 Å². The number of allylic oxidation sites excluding steroid dienone is 1. The molecule has 4 heterocycles. The highest BCUT2D eigenvalue weighted by atomic mass is 16.5. The normalized spacial score (nSPS) is 26.9. The maximum Gasteiger partial charge on any atom is 0.303 e. The van der Waals surface area contributed by atoms with Gasteiger partial charge >= 0.3 is 5.97 Å². The predicted octanol–water partition coefficient (Wildman–Crippen LogP) is 3.89. The lowest BCUT2D eigenvalue weighted by Crippen LogP contribution is -2.53. The van der Waals surface area contributed by atoms with Crippen LogP contribution in [0.4, 0.5) is 0 Å². The Labute approximate surface area is 160 Å². The summed E-state index contributed by atoms with van der Waals surface area (Å²) in [6.07, 6.45) is 5.95. The van der Waals surface area contributed by atoms with Crippen LogP contribution in [0, 0.1) is 5.92 Å². The van der Waals surface area contributed by atoms with Gasteiger partial charge < -0.3 is 9.47 Å². The number of carbonyl (C=O) groups is 1. The minimum atomic E-state index is -0.304. The first kappa shape index (κ1) is 18.0. The largest absolute Gasteiger partial charge is 0.497 e. The van der Waals surface area contributed by atoms with E-state index in [4.69, 9.17) is 9.47 Å². The van der Waals surface area contributed by atoms with Crippen LogP contribution >= 0.6 is 0 Å². The van der Waals surface area contributed by atoms with Crippen LogP contribution < -0.4 is 4.74 Å². The second-order valence-electron chi connectivity index (χ2n) is 7.44. The van der Waals surface area contributed by atoms with Crippen LogP contribution in [-0.2, 0) is 9.53 Å². The Morgan fingerprint density at radius 1 is 1.37 bits per heavy atom. The van der Waals surface area contributed by atoms with Gasteiger partial charge in [0.05, 0.1) is 18.7 Å². The lowest BCUT2D eigenvalue weighted by atomic mass is 9.76. The molecule has 5 rings (SSSR count). The van der Waals surface area contributed by atoms with Gasteiger partial charge in [0.25, 0.3) is 0 Å². The summed E-state index contributed by atoms with van der Waals surface area (Å²) >= 11 is 0. The molecule has 0 radical (unpaired) electrons. The van der Waals surface area contributed by atoms with Crippen molar-refractivity contribution in [3.8, 4) is 5.75 Å². The molecule has 3 saturated heterocycles. The summed E-state index contributed by atoms with van der Waals surface area (Å²) in [6, 6.07) is 8.02. The molecule has 1 aromatic heterocycles. The number of hydrogen-bond donors (Lipinski definition) is 0. The molecule has 3 fully saturated rings. The number of hydrogen-bond acceptors (Lipinski definition) is 5. The first-order valence-electron chi connectivity index (χ1n) is 9.59. The molecule has 1 aromatic carbocycles. The average Bonchev–Trinajstić information content (AvgIpc) is 2.71. The predicted molar refractivity (Wildman–Crippen MR) is 105 cm³/mol. The number of esters is 1. The molecule has 0 amide bonds. The third kappa shape index (κ3) is 3.32. The number of nitrogens with zero attached hydrogens (tertiary/aromatic N) is 2. The summed E-state index contributed by atoms with van der Waals surface area (Å²) < 4.78 is 11.3. The van der Waals surface area contributed by atoms with Crippen LogP contribution in [0.15, 0.2) is 42.1 Å². The number of piperidine rings is 3. The van der Waals surface area contributed by atoms with Crippen molar-refractivity contribution in [1.29, 1.82) is 0 Å². The van der Waals surface area contributed by atoms with Crippen LogP contribution in [0.25, 0.3) is 10.9 Å². The maximum absolute atomic E-state index is 12.0. The Balaban J connectivity index is 1.78. The van der Waals surface area contributed by atoms with E-state index in [1.807, 2.05) is 24.3 Å². The van der Waals surface area contributed by atoms with Crippen molar-refractivity contribution in [1.82, 2.24) is 9.88 Å². The molecule has 3 aliphatic rings. The first-order chi connectivity index (χ1) is 13.1. The van der Waals surface area contributed by atoms with Crippen molar-refractivity contribution in [2.75, 3.05) is 20.2 Å². The zero-order valence-electron chi connectivity index (χ0n) is 16.1. The summed E-state index contributed by atoms with van der Waals surface area (Å²) in [7, 11) is 1.66. The lowest BCUT2D eigenvalue weighted by Gasteiger charge is -2.49. The second-order valence-corrected chi connectivity index (χ2v) is 7.44. The van der Waals surface area contributed by atoms with Crippen LogP contribution in [0.5, 0.6) is 5.75 Å². The quantitative estimate of drug-likeness (QED) is 0.607. The first-order valence-corrected chi connectivity index (χ1v) is 9.59. The number of benzene rings is 1. The van der Waals surface area contributed by atoms with E-state index in [-0.39, 0.29) is 18.1 Å². The minimum Gasteiger partial charge on any atom is -0.497 e. The fourth-order valence-corrected chi connectivity index (χ4v) is 4.63. The summed E-state index contributed by atoms with van der Waals surface area (Å²) in [6.45, 7) is 5.63. The van der Waals surface area contributed by atoms with Crippen molar-refractivity contribution >= 4 is 16.9 Å². The van der Waals surface area contributed by atoms with Crippen molar-refractivity contribution < 1.29 is 14.3 Å². The smallest absolute Gasteiger partial charge is 0.303 e. The van der Waals surface area contributed by atoms with E-state index >= 15 is 0 Å². The highest BCUT2D eigenvalue weighted by Gasteiger charge is 2.42. The highest BCUT2D eigenvalue weighted by Crippen LogP contribution is 2.43. The van der Waals surface area contributed by atoms with E-state index in [1.165, 1.54) is 18.9 Å². The molecule has 0 spiro atoms. The number of carbonyl (C=O) groups excluding carboxylic acids is 1. The topological polar surface area (TPSA) is 51.7 Å². The van der Waals surface area contributed by atoms with Crippen molar-refractivity contribution in [3.05, 3.63) is 47.7 Å². The highest BCUT2D eigenvalue weighted by molar-refractivity contribution is 5.84. The molecule has 5 nitrogen and oxygen atoms in total. The molecule has 0 N–H and O–H groups in total. The third-order valence-corrected chi connectivity index (χ3v) is 5.97. The summed E-state index contributed by atoms with van der Waals surface area (Å²) in [5.41, 5.74) is 3.41. The number of methoxy groups -OCH3 is 1. The summed E-state index contributed by atoms with van der Waals surface area (Å²) in [5.74, 6) is 1.12. The number of pyridine rings is 1. The fraction of sp³-hybridized carbons (Fsp3) is 0.455. The zero-order chi connectivity index (χ0) is 19.0. The van der Waals surface area contributed by atoms with Gasteiger partial charge in [-0.25, -0.2) is 0 Å². The van der Waals surface area contributed by atoms with Gasteiger partial charge in [0.15, 0.2) is 0 Å². The lowest BCUT2D eigenvalue weighted by molar-refractivity contribution is -0.152. The SMILES string of the molecule is CC=C1CN2CC[C@H]1C[C@@H]2[C@@H](OC(C)=O)c1ccnc2ccc(OC)cc12. The van der Waals surface area contributed by atoms with Gasteiger partial charge in [0.2, 0.25) is 0 Å². The summed E-state index contributed by atoms with van der Waals surface area (Å²) in [4.78, 5) is 18.9.